The van der Waals surface area contributed by atoms with Crippen molar-refractivity contribution >= 4 is 0 Å². The Morgan fingerprint density at radius 2 is 1.71 bits per heavy atom. The first-order chi connectivity index (χ1) is 6.33. The predicted octanol–water partition coefficient (Wildman–Crippen LogP) is 3.61. The molecule has 78 valence electrons. The van der Waals surface area contributed by atoms with E-state index in [2.05, 4.69) is 40.7 Å². The second kappa shape index (κ2) is 2.73. The van der Waals surface area contributed by atoms with Gasteiger partial charge in [-0.2, -0.15) is 0 Å². The van der Waals surface area contributed by atoms with Gasteiger partial charge in [0.05, 0.1) is 11.2 Å². The van der Waals surface area contributed by atoms with Gasteiger partial charge in [-0.3, -0.25) is 0 Å². The van der Waals surface area contributed by atoms with Gasteiger partial charge in [0.2, 0.25) is 0 Å². The second-order valence-corrected chi connectivity index (χ2v) is 5.51. The van der Waals surface area contributed by atoms with Gasteiger partial charge in [-0.05, 0) is 58.6 Å². The number of allylic oxidation sites excluding steroid dienone is 1. The van der Waals surface area contributed by atoms with Crippen molar-refractivity contribution in [2.24, 2.45) is 0 Å². The molecule has 0 fully saturated rings. The molecule has 0 saturated heterocycles. The monoisotopic (exact) mass is 192 g/mol. The summed E-state index contributed by atoms with van der Waals surface area (Å²) >= 11 is 0. The molecule has 0 aromatic rings. The minimum atomic E-state index is -0.0967. The topological polar surface area (TPSA) is 9.23 Å². The third kappa shape index (κ3) is 1.35. The van der Waals surface area contributed by atoms with Gasteiger partial charge in [-0.25, -0.2) is 0 Å². The molecule has 0 amide bonds. The van der Waals surface area contributed by atoms with E-state index in [4.69, 9.17) is 4.74 Å². The summed E-state index contributed by atoms with van der Waals surface area (Å²) < 4.78 is 6.11. The lowest BCUT2D eigenvalue weighted by atomic mass is 9.82. The van der Waals surface area contributed by atoms with E-state index in [1.165, 1.54) is 29.6 Å². The number of ether oxygens (including phenoxy) is 1. The average molecular weight is 192 g/mol. The van der Waals surface area contributed by atoms with E-state index in [1.54, 1.807) is 0 Å². The molecular formula is C13H20O. The van der Waals surface area contributed by atoms with Gasteiger partial charge in [0.1, 0.15) is 0 Å². The minimum Gasteiger partial charge on any atom is -0.361 e. The molecule has 0 aromatic carbocycles. The fourth-order valence-electron chi connectivity index (χ4n) is 2.78. The fourth-order valence-corrected chi connectivity index (χ4v) is 2.78. The zero-order chi connectivity index (χ0) is 10.6. The highest BCUT2D eigenvalue weighted by molar-refractivity contribution is 5.45. The highest BCUT2D eigenvalue weighted by Crippen LogP contribution is 2.47. The van der Waals surface area contributed by atoms with Crippen LogP contribution in [0.25, 0.3) is 0 Å². The summed E-state index contributed by atoms with van der Waals surface area (Å²) in [4.78, 5) is 0. The summed E-state index contributed by atoms with van der Waals surface area (Å²) in [6.45, 7) is 10.9. The fraction of sp³-hybridized carbons (Fsp3) is 0.692. The summed E-state index contributed by atoms with van der Waals surface area (Å²) in [6.07, 6.45) is 4.70. The number of rotatable bonds is 0. The molecule has 14 heavy (non-hydrogen) atoms. The Morgan fingerprint density at radius 1 is 1.07 bits per heavy atom. The summed E-state index contributed by atoms with van der Waals surface area (Å²) in [7, 11) is 0. The van der Waals surface area contributed by atoms with Gasteiger partial charge >= 0.3 is 0 Å². The smallest absolute Gasteiger partial charge is 0.0887 e. The lowest BCUT2D eigenvalue weighted by Crippen LogP contribution is -2.29. The maximum absolute atomic E-state index is 6.11. The molecular weight excluding hydrogens is 172 g/mol. The van der Waals surface area contributed by atoms with Crippen LogP contribution >= 0.6 is 0 Å². The lowest BCUT2D eigenvalue weighted by molar-refractivity contribution is -0.0559. The third-order valence-corrected chi connectivity index (χ3v) is 3.37. The zero-order valence-electron chi connectivity index (χ0n) is 9.90. The summed E-state index contributed by atoms with van der Waals surface area (Å²) in [5.74, 6) is 0. The van der Waals surface area contributed by atoms with Crippen molar-refractivity contribution in [3.63, 3.8) is 0 Å². The molecule has 2 aliphatic rings. The van der Waals surface area contributed by atoms with Crippen LogP contribution < -0.4 is 0 Å². The Labute approximate surface area is 86.8 Å². The molecule has 0 N–H and O–H groups in total. The van der Waals surface area contributed by atoms with Crippen molar-refractivity contribution in [2.75, 3.05) is 0 Å². The SMILES string of the molecule is CC1=CC2=C(CC1)C(C)(C)OC2(C)C. The van der Waals surface area contributed by atoms with E-state index in [1.807, 2.05) is 0 Å². The van der Waals surface area contributed by atoms with Crippen molar-refractivity contribution in [1.82, 2.24) is 0 Å². The van der Waals surface area contributed by atoms with E-state index in [-0.39, 0.29) is 11.2 Å². The van der Waals surface area contributed by atoms with Gasteiger partial charge in [0.15, 0.2) is 0 Å². The molecule has 0 atom stereocenters. The highest BCUT2D eigenvalue weighted by atomic mass is 16.5. The van der Waals surface area contributed by atoms with Crippen LogP contribution in [0.2, 0.25) is 0 Å². The van der Waals surface area contributed by atoms with Crippen LogP contribution in [0.4, 0.5) is 0 Å². The van der Waals surface area contributed by atoms with Gasteiger partial charge in [0, 0.05) is 0 Å². The number of hydrogen-bond donors (Lipinski definition) is 0. The zero-order valence-corrected chi connectivity index (χ0v) is 9.90. The molecule has 0 bridgehead atoms. The first-order valence-electron chi connectivity index (χ1n) is 5.44. The third-order valence-electron chi connectivity index (χ3n) is 3.37. The quantitative estimate of drug-likeness (QED) is 0.569. The van der Waals surface area contributed by atoms with Crippen LogP contribution in [0.3, 0.4) is 0 Å². The molecule has 1 aliphatic heterocycles. The van der Waals surface area contributed by atoms with Crippen LogP contribution in [-0.2, 0) is 4.74 Å². The van der Waals surface area contributed by atoms with Crippen LogP contribution in [0.5, 0.6) is 0 Å². The standard InChI is InChI=1S/C13H20O/c1-9-6-7-10-11(8-9)13(4,5)14-12(10,2)3/h8H,6-7H2,1-5H3. The second-order valence-electron chi connectivity index (χ2n) is 5.51. The molecule has 1 heteroatoms. The van der Waals surface area contributed by atoms with E-state index < -0.39 is 0 Å². The Balaban J connectivity index is 2.51. The van der Waals surface area contributed by atoms with Crippen LogP contribution in [0.1, 0.15) is 47.5 Å². The van der Waals surface area contributed by atoms with Gasteiger partial charge in [0.25, 0.3) is 0 Å². The van der Waals surface area contributed by atoms with Crippen LogP contribution in [0.15, 0.2) is 22.8 Å². The molecule has 0 spiro atoms. The van der Waals surface area contributed by atoms with Gasteiger partial charge in [-0.15, -0.1) is 0 Å². The summed E-state index contributed by atoms with van der Waals surface area (Å²) in [5.41, 5.74) is 4.26. The number of hydrogen-bond acceptors (Lipinski definition) is 1. The molecule has 1 heterocycles. The Kier molecular flexibility index (Phi) is 1.94. The molecule has 2 rings (SSSR count). The largest absolute Gasteiger partial charge is 0.361 e. The Morgan fingerprint density at radius 3 is 2.36 bits per heavy atom. The average Bonchev–Trinajstić information content (AvgIpc) is 2.17. The van der Waals surface area contributed by atoms with E-state index >= 15 is 0 Å². The van der Waals surface area contributed by atoms with E-state index in [0.29, 0.717) is 0 Å². The molecule has 0 saturated carbocycles. The normalized spacial score (nSPS) is 28.8. The van der Waals surface area contributed by atoms with E-state index in [9.17, 15) is 0 Å². The summed E-state index contributed by atoms with van der Waals surface area (Å²) in [5, 5.41) is 0. The van der Waals surface area contributed by atoms with Gasteiger partial charge in [-0.1, -0.05) is 11.6 Å². The summed E-state index contributed by atoms with van der Waals surface area (Å²) in [6, 6.07) is 0. The van der Waals surface area contributed by atoms with Crippen LogP contribution in [0, 0.1) is 0 Å². The Bertz CT molecular complexity index is 329. The molecule has 1 aliphatic carbocycles. The lowest BCUT2D eigenvalue weighted by Gasteiger charge is -2.27. The maximum atomic E-state index is 6.11. The Hall–Kier alpha value is -0.560. The van der Waals surface area contributed by atoms with Crippen molar-refractivity contribution in [3.8, 4) is 0 Å². The highest BCUT2D eigenvalue weighted by Gasteiger charge is 2.44. The van der Waals surface area contributed by atoms with E-state index in [0.717, 1.165) is 0 Å². The maximum Gasteiger partial charge on any atom is 0.0887 e. The molecule has 0 aromatic heterocycles. The van der Waals surface area contributed by atoms with Crippen molar-refractivity contribution in [3.05, 3.63) is 22.8 Å². The molecule has 1 nitrogen and oxygen atoms in total. The van der Waals surface area contributed by atoms with Crippen molar-refractivity contribution in [1.29, 1.82) is 0 Å². The molecule has 0 unspecified atom stereocenters. The van der Waals surface area contributed by atoms with Gasteiger partial charge < -0.3 is 4.74 Å². The predicted molar refractivity (Wildman–Crippen MR) is 59.3 cm³/mol. The molecule has 0 radical (unpaired) electrons. The first-order valence-corrected chi connectivity index (χ1v) is 5.44. The minimum absolute atomic E-state index is 0.0595. The van der Waals surface area contributed by atoms with Crippen molar-refractivity contribution in [2.45, 2.75) is 58.7 Å². The first kappa shape index (κ1) is 9.97. The van der Waals surface area contributed by atoms with Crippen molar-refractivity contribution < 1.29 is 4.74 Å². The van der Waals surface area contributed by atoms with Crippen LogP contribution in [-0.4, -0.2) is 11.2 Å².